The molecule has 0 atom stereocenters. The van der Waals surface area contributed by atoms with Gasteiger partial charge in [0.1, 0.15) is 5.60 Å². The van der Waals surface area contributed by atoms with Gasteiger partial charge in [0.2, 0.25) is 0 Å². The molecule has 1 rings (SSSR count). The molecule has 1 heterocycles. The number of carbonyl (C=O) groups excluding carboxylic acids is 1. The number of ether oxygens (including phenoxy) is 1. The first-order chi connectivity index (χ1) is 10.5. The summed E-state index contributed by atoms with van der Waals surface area (Å²) in [4.78, 5) is 13.8. The van der Waals surface area contributed by atoms with Crippen LogP contribution in [0.2, 0.25) is 0 Å². The smallest absolute Gasteiger partial charge is 0.410 e. The average molecular weight is 323 g/mol. The lowest BCUT2D eigenvalue weighted by atomic mass is 9.82. The van der Waals surface area contributed by atoms with E-state index in [-0.39, 0.29) is 6.09 Å². The number of hydrogen-bond acceptors (Lipinski definition) is 3. The summed E-state index contributed by atoms with van der Waals surface area (Å²) in [6.45, 7) is 15.0. The standard InChI is InChI=1S/C19H33NO3/c1-8-15(4)16(14(2)3)13-19(22)9-11-20(12-10-19)17(21)23-18(5,6)7/h8,22H,9-13H2,1-7H3. The molecule has 0 aromatic carbocycles. The van der Waals surface area contributed by atoms with E-state index in [0.29, 0.717) is 32.4 Å². The van der Waals surface area contributed by atoms with Crippen LogP contribution >= 0.6 is 0 Å². The summed E-state index contributed by atoms with van der Waals surface area (Å²) in [5, 5.41) is 10.9. The Hall–Kier alpha value is -1.29. The van der Waals surface area contributed by atoms with Crippen molar-refractivity contribution >= 4 is 6.09 Å². The fraction of sp³-hybridized carbons (Fsp3) is 0.737. The van der Waals surface area contributed by atoms with Crippen molar-refractivity contribution in [1.82, 2.24) is 4.90 Å². The molecule has 4 nitrogen and oxygen atoms in total. The summed E-state index contributed by atoms with van der Waals surface area (Å²) in [6.07, 6.45) is 3.61. The van der Waals surface area contributed by atoms with Crippen LogP contribution in [-0.4, -0.2) is 40.4 Å². The molecule has 1 amide bonds. The minimum atomic E-state index is -0.741. The average Bonchev–Trinajstić information content (AvgIpc) is 2.42. The largest absolute Gasteiger partial charge is 0.444 e. The predicted molar refractivity (Wildman–Crippen MR) is 94.4 cm³/mol. The Morgan fingerprint density at radius 3 is 2.13 bits per heavy atom. The van der Waals surface area contributed by atoms with Crippen molar-refractivity contribution in [3.05, 3.63) is 22.8 Å². The third-order valence-corrected chi connectivity index (χ3v) is 4.36. The van der Waals surface area contributed by atoms with Crippen molar-refractivity contribution in [1.29, 1.82) is 0 Å². The second kappa shape index (κ2) is 7.52. The Balaban J connectivity index is 2.70. The molecular weight excluding hydrogens is 290 g/mol. The molecule has 0 unspecified atom stereocenters. The summed E-state index contributed by atoms with van der Waals surface area (Å²) in [5.74, 6) is 0. The van der Waals surface area contributed by atoms with E-state index in [2.05, 4.69) is 26.8 Å². The summed E-state index contributed by atoms with van der Waals surface area (Å²) in [5.41, 5.74) is 2.45. The van der Waals surface area contributed by atoms with Crippen LogP contribution in [-0.2, 0) is 4.74 Å². The highest BCUT2D eigenvalue weighted by atomic mass is 16.6. The highest BCUT2D eigenvalue weighted by molar-refractivity contribution is 5.68. The Bertz CT molecular complexity index is 485. The van der Waals surface area contributed by atoms with Crippen LogP contribution < -0.4 is 0 Å². The third-order valence-electron chi connectivity index (χ3n) is 4.36. The molecule has 1 fully saturated rings. The Morgan fingerprint density at radius 1 is 1.22 bits per heavy atom. The van der Waals surface area contributed by atoms with Crippen LogP contribution in [0.15, 0.2) is 22.8 Å². The molecule has 0 aliphatic carbocycles. The highest BCUT2D eigenvalue weighted by Gasteiger charge is 2.36. The van der Waals surface area contributed by atoms with Gasteiger partial charge in [0.25, 0.3) is 0 Å². The van der Waals surface area contributed by atoms with Gasteiger partial charge in [-0.25, -0.2) is 4.79 Å². The van der Waals surface area contributed by atoms with E-state index in [1.54, 1.807) is 4.90 Å². The van der Waals surface area contributed by atoms with Crippen molar-refractivity contribution in [3.63, 3.8) is 0 Å². The first-order valence-electron chi connectivity index (χ1n) is 8.47. The van der Waals surface area contributed by atoms with Crippen molar-refractivity contribution in [3.8, 4) is 0 Å². The van der Waals surface area contributed by atoms with E-state index in [9.17, 15) is 9.90 Å². The second-order valence-electron chi connectivity index (χ2n) is 7.82. The lowest BCUT2D eigenvalue weighted by Crippen LogP contribution is -2.48. The van der Waals surface area contributed by atoms with Crippen LogP contribution in [0.1, 0.15) is 67.7 Å². The molecule has 1 aliphatic heterocycles. The third kappa shape index (κ3) is 6.02. The predicted octanol–water partition coefficient (Wildman–Crippen LogP) is 4.44. The minimum Gasteiger partial charge on any atom is -0.444 e. The van der Waals surface area contributed by atoms with E-state index < -0.39 is 11.2 Å². The molecule has 0 aromatic rings. The van der Waals surface area contributed by atoms with Crippen LogP contribution in [0.3, 0.4) is 0 Å². The zero-order chi connectivity index (χ0) is 17.8. The number of piperidine rings is 1. The Kier molecular flexibility index (Phi) is 6.46. The monoisotopic (exact) mass is 323 g/mol. The Labute approximate surface area is 141 Å². The molecule has 23 heavy (non-hydrogen) atoms. The topological polar surface area (TPSA) is 49.8 Å². The van der Waals surface area contributed by atoms with Crippen molar-refractivity contribution in [2.75, 3.05) is 13.1 Å². The summed E-state index contributed by atoms with van der Waals surface area (Å²) in [6, 6.07) is 0. The number of aliphatic hydroxyl groups is 1. The van der Waals surface area contributed by atoms with Gasteiger partial charge >= 0.3 is 6.09 Å². The van der Waals surface area contributed by atoms with Crippen LogP contribution in [0.25, 0.3) is 0 Å². The van der Waals surface area contributed by atoms with Crippen molar-refractivity contribution < 1.29 is 14.6 Å². The lowest BCUT2D eigenvalue weighted by molar-refractivity contribution is -0.0313. The number of rotatable bonds is 3. The molecule has 1 saturated heterocycles. The van der Waals surface area contributed by atoms with E-state index in [4.69, 9.17) is 4.74 Å². The number of carbonyl (C=O) groups is 1. The van der Waals surface area contributed by atoms with Gasteiger partial charge in [-0.05, 0) is 66.9 Å². The SMILES string of the molecule is CC=C(C)C(CC1(O)CCN(C(=O)OC(C)(C)C)CC1)=C(C)C. The fourth-order valence-corrected chi connectivity index (χ4v) is 2.82. The quantitative estimate of drug-likeness (QED) is 0.781. The number of nitrogens with zero attached hydrogens (tertiary/aromatic N) is 1. The summed E-state index contributed by atoms with van der Waals surface area (Å²) in [7, 11) is 0. The molecular formula is C19H33NO3. The first-order valence-corrected chi connectivity index (χ1v) is 8.47. The van der Waals surface area contributed by atoms with E-state index >= 15 is 0 Å². The van der Waals surface area contributed by atoms with Gasteiger partial charge in [-0.3, -0.25) is 0 Å². The van der Waals surface area contributed by atoms with Gasteiger partial charge in [0.05, 0.1) is 5.60 Å². The molecule has 1 aliphatic rings. The van der Waals surface area contributed by atoms with Crippen LogP contribution in [0.5, 0.6) is 0 Å². The summed E-state index contributed by atoms with van der Waals surface area (Å²) < 4.78 is 5.41. The van der Waals surface area contributed by atoms with Gasteiger partial charge in [-0.2, -0.15) is 0 Å². The van der Waals surface area contributed by atoms with Crippen molar-refractivity contribution in [2.24, 2.45) is 0 Å². The number of amides is 1. The molecule has 0 aromatic heterocycles. The van der Waals surface area contributed by atoms with Gasteiger partial charge in [0.15, 0.2) is 0 Å². The minimum absolute atomic E-state index is 0.286. The van der Waals surface area contributed by atoms with Crippen LogP contribution in [0.4, 0.5) is 4.79 Å². The van der Waals surface area contributed by atoms with Gasteiger partial charge in [-0.15, -0.1) is 0 Å². The van der Waals surface area contributed by atoms with Gasteiger partial charge in [-0.1, -0.05) is 17.2 Å². The number of hydrogen-bond donors (Lipinski definition) is 1. The van der Waals surface area contributed by atoms with Crippen molar-refractivity contribution in [2.45, 2.75) is 78.9 Å². The summed E-state index contributed by atoms with van der Waals surface area (Å²) >= 11 is 0. The molecule has 0 radical (unpaired) electrons. The maximum absolute atomic E-state index is 12.1. The maximum Gasteiger partial charge on any atom is 0.410 e. The zero-order valence-electron chi connectivity index (χ0n) is 15.8. The second-order valence-corrected chi connectivity index (χ2v) is 7.82. The molecule has 0 bridgehead atoms. The molecule has 0 saturated carbocycles. The zero-order valence-corrected chi connectivity index (χ0v) is 15.8. The normalized spacial score (nSPS) is 18.6. The van der Waals surface area contributed by atoms with E-state index in [1.807, 2.05) is 27.7 Å². The van der Waals surface area contributed by atoms with Crippen LogP contribution in [0, 0.1) is 0 Å². The molecule has 0 spiro atoms. The lowest BCUT2D eigenvalue weighted by Gasteiger charge is -2.39. The fourth-order valence-electron chi connectivity index (χ4n) is 2.82. The highest BCUT2D eigenvalue weighted by Crippen LogP contribution is 2.33. The van der Waals surface area contributed by atoms with E-state index in [1.165, 1.54) is 16.7 Å². The Morgan fingerprint density at radius 2 is 1.74 bits per heavy atom. The number of likely N-dealkylation sites (tertiary alicyclic amines) is 1. The van der Waals surface area contributed by atoms with Gasteiger partial charge < -0.3 is 14.7 Å². The molecule has 1 N–H and O–H groups in total. The maximum atomic E-state index is 12.1. The molecule has 4 heteroatoms. The van der Waals surface area contributed by atoms with E-state index in [0.717, 1.165) is 0 Å². The molecule has 132 valence electrons. The van der Waals surface area contributed by atoms with Gasteiger partial charge in [0, 0.05) is 19.5 Å². The first kappa shape index (κ1) is 19.8. The number of allylic oxidation sites excluding steroid dienone is 3.